The third-order valence-corrected chi connectivity index (χ3v) is 4.63. The van der Waals surface area contributed by atoms with Gasteiger partial charge in [-0.15, -0.1) is 0 Å². The summed E-state index contributed by atoms with van der Waals surface area (Å²) in [4.78, 5) is 24.3. The van der Waals surface area contributed by atoms with Crippen LogP contribution in [0, 0.1) is 0 Å². The van der Waals surface area contributed by atoms with Gasteiger partial charge in [-0.1, -0.05) is 62.4 Å². The standard InChI is InChI=1S/C24H26N2O4/c1-16(2)21-10-6-7-11-22(21)29-15-23(27)25-26-24(28)17(3)30-20-13-12-18-8-4-5-9-19(18)14-20/h4-14,16-17H,15H2,1-3H3,(H,25,27)(H,26,28)/t17-/m1/s1. The maximum Gasteiger partial charge on any atom is 0.279 e. The number of benzene rings is 3. The van der Waals surface area contributed by atoms with Crippen molar-refractivity contribution in [3.63, 3.8) is 0 Å². The number of amides is 2. The van der Waals surface area contributed by atoms with E-state index in [-0.39, 0.29) is 12.5 Å². The summed E-state index contributed by atoms with van der Waals surface area (Å²) in [6, 6.07) is 21.1. The zero-order valence-electron chi connectivity index (χ0n) is 17.3. The van der Waals surface area contributed by atoms with Crippen LogP contribution < -0.4 is 20.3 Å². The van der Waals surface area contributed by atoms with Crippen LogP contribution in [-0.2, 0) is 9.59 Å². The fraction of sp³-hybridized carbons (Fsp3) is 0.250. The third-order valence-electron chi connectivity index (χ3n) is 4.63. The van der Waals surface area contributed by atoms with E-state index in [2.05, 4.69) is 24.7 Å². The van der Waals surface area contributed by atoms with Crippen molar-refractivity contribution in [2.24, 2.45) is 0 Å². The molecule has 0 spiro atoms. The van der Waals surface area contributed by atoms with Crippen molar-refractivity contribution < 1.29 is 19.1 Å². The smallest absolute Gasteiger partial charge is 0.279 e. The monoisotopic (exact) mass is 406 g/mol. The van der Waals surface area contributed by atoms with Crippen molar-refractivity contribution >= 4 is 22.6 Å². The summed E-state index contributed by atoms with van der Waals surface area (Å²) in [5.41, 5.74) is 5.74. The molecule has 0 aliphatic heterocycles. The van der Waals surface area contributed by atoms with Crippen molar-refractivity contribution in [2.75, 3.05) is 6.61 Å². The highest BCUT2D eigenvalue weighted by Gasteiger charge is 2.16. The van der Waals surface area contributed by atoms with Crippen molar-refractivity contribution in [3.05, 3.63) is 72.3 Å². The fourth-order valence-corrected chi connectivity index (χ4v) is 3.00. The molecular weight excluding hydrogens is 380 g/mol. The minimum absolute atomic E-state index is 0.204. The van der Waals surface area contributed by atoms with Gasteiger partial charge in [0.25, 0.3) is 11.8 Å². The molecule has 0 saturated carbocycles. The number of hydrogen-bond donors (Lipinski definition) is 2. The van der Waals surface area contributed by atoms with E-state index < -0.39 is 17.9 Å². The van der Waals surface area contributed by atoms with Crippen LogP contribution in [0.4, 0.5) is 0 Å². The molecular formula is C24H26N2O4. The van der Waals surface area contributed by atoms with E-state index >= 15 is 0 Å². The molecule has 0 heterocycles. The molecule has 0 unspecified atom stereocenters. The maximum atomic E-state index is 12.2. The first-order chi connectivity index (χ1) is 14.4. The number of carbonyl (C=O) groups excluding carboxylic acids is 2. The molecule has 0 aliphatic carbocycles. The minimum atomic E-state index is -0.783. The van der Waals surface area contributed by atoms with Gasteiger partial charge in [0.2, 0.25) is 0 Å². The fourth-order valence-electron chi connectivity index (χ4n) is 3.00. The van der Waals surface area contributed by atoms with Crippen LogP contribution in [0.25, 0.3) is 10.8 Å². The second kappa shape index (κ2) is 9.78. The Kier molecular flexibility index (Phi) is 6.91. The van der Waals surface area contributed by atoms with Crippen molar-refractivity contribution in [2.45, 2.75) is 32.8 Å². The van der Waals surface area contributed by atoms with Gasteiger partial charge in [0.15, 0.2) is 12.7 Å². The number of ether oxygens (including phenoxy) is 2. The molecule has 0 fully saturated rings. The second-order valence-electron chi connectivity index (χ2n) is 7.29. The van der Waals surface area contributed by atoms with Gasteiger partial charge in [-0.25, -0.2) is 0 Å². The quantitative estimate of drug-likeness (QED) is 0.583. The summed E-state index contributed by atoms with van der Waals surface area (Å²) >= 11 is 0. The largest absolute Gasteiger partial charge is 0.483 e. The molecule has 156 valence electrons. The highest BCUT2D eigenvalue weighted by Crippen LogP contribution is 2.25. The van der Waals surface area contributed by atoms with Crippen LogP contribution in [0.2, 0.25) is 0 Å². The van der Waals surface area contributed by atoms with E-state index in [4.69, 9.17) is 9.47 Å². The molecule has 6 heteroatoms. The molecule has 0 aromatic heterocycles. The van der Waals surface area contributed by atoms with Crippen LogP contribution in [0.15, 0.2) is 66.7 Å². The molecule has 3 rings (SSSR count). The lowest BCUT2D eigenvalue weighted by Gasteiger charge is -2.16. The lowest BCUT2D eigenvalue weighted by Crippen LogP contribution is -2.48. The second-order valence-corrected chi connectivity index (χ2v) is 7.29. The van der Waals surface area contributed by atoms with Crippen LogP contribution in [-0.4, -0.2) is 24.5 Å². The zero-order chi connectivity index (χ0) is 21.5. The summed E-state index contributed by atoms with van der Waals surface area (Å²) in [7, 11) is 0. The molecule has 0 bridgehead atoms. The number of hydrogen-bond acceptors (Lipinski definition) is 4. The van der Waals surface area contributed by atoms with E-state index in [9.17, 15) is 9.59 Å². The predicted octanol–water partition coefficient (Wildman–Crippen LogP) is 3.96. The first-order valence-corrected chi connectivity index (χ1v) is 9.90. The highest BCUT2D eigenvalue weighted by atomic mass is 16.5. The maximum absolute atomic E-state index is 12.2. The number of fused-ring (bicyclic) bond motifs is 1. The van der Waals surface area contributed by atoms with E-state index in [1.54, 1.807) is 6.92 Å². The molecule has 30 heavy (non-hydrogen) atoms. The Labute approximate surface area is 176 Å². The van der Waals surface area contributed by atoms with Crippen molar-refractivity contribution in [1.82, 2.24) is 10.9 Å². The Hall–Kier alpha value is -3.54. The number of hydrazine groups is 1. The van der Waals surface area contributed by atoms with Gasteiger partial charge in [-0.05, 0) is 47.4 Å². The molecule has 6 nitrogen and oxygen atoms in total. The number of nitrogens with one attached hydrogen (secondary N) is 2. The number of carbonyl (C=O) groups is 2. The molecule has 0 radical (unpaired) electrons. The lowest BCUT2D eigenvalue weighted by molar-refractivity contribution is -0.133. The van der Waals surface area contributed by atoms with Gasteiger partial charge in [0.1, 0.15) is 11.5 Å². The van der Waals surface area contributed by atoms with Crippen molar-refractivity contribution in [1.29, 1.82) is 0 Å². The molecule has 0 saturated heterocycles. The summed E-state index contributed by atoms with van der Waals surface area (Å²) in [5, 5.41) is 2.11. The average Bonchev–Trinajstić information content (AvgIpc) is 2.76. The lowest BCUT2D eigenvalue weighted by atomic mass is 10.0. The molecule has 0 aliphatic rings. The topological polar surface area (TPSA) is 76.7 Å². The van der Waals surface area contributed by atoms with Crippen LogP contribution in [0.5, 0.6) is 11.5 Å². The van der Waals surface area contributed by atoms with Crippen LogP contribution in [0.3, 0.4) is 0 Å². The Morgan fingerprint density at radius 1 is 0.867 bits per heavy atom. The third kappa shape index (κ3) is 5.50. The Morgan fingerprint density at radius 2 is 1.57 bits per heavy atom. The van der Waals surface area contributed by atoms with Gasteiger partial charge in [-0.3, -0.25) is 20.4 Å². The molecule has 3 aromatic carbocycles. The summed E-state index contributed by atoms with van der Waals surface area (Å²) in [5.74, 6) is 0.592. The van der Waals surface area contributed by atoms with E-state index in [0.29, 0.717) is 11.5 Å². The molecule has 2 N–H and O–H groups in total. The molecule has 3 aromatic rings. The van der Waals surface area contributed by atoms with Gasteiger partial charge in [0, 0.05) is 0 Å². The SMILES string of the molecule is CC(C)c1ccccc1OCC(=O)NNC(=O)[C@@H](C)Oc1ccc2ccccc2c1. The Bertz CT molecular complexity index is 1030. The summed E-state index contributed by atoms with van der Waals surface area (Å²) in [6.07, 6.45) is -0.783. The zero-order valence-corrected chi connectivity index (χ0v) is 17.3. The first kappa shape index (κ1) is 21.2. The Balaban J connectivity index is 1.47. The van der Waals surface area contributed by atoms with Gasteiger partial charge in [-0.2, -0.15) is 0 Å². The van der Waals surface area contributed by atoms with Gasteiger partial charge < -0.3 is 9.47 Å². The van der Waals surface area contributed by atoms with Crippen LogP contribution >= 0.6 is 0 Å². The minimum Gasteiger partial charge on any atom is -0.483 e. The first-order valence-electron chi connectivity index (χ1n) is 9.90. The summed E-state index contributed by atoms with van der Waals surface area (Å²) < 4.78 is 11.3. The van der Waals surface area contributed by atoms with E-state index in [1.807, 2.05) is 66.7 Å². The Morgan fingerprint density at radius 3 is 2.33 bits per heavy atom. The van der Waals surface area contributed by atoms with Gasteiger partial charge in [0.05, 0.1) is 0 Å². The van der Waals surface area contributed by atoms with Crippen LogP contribution in [0.1, 0.15) is 32.3 Å². The van der Waals surface area contributed by atoms with Crippen molar-refractivity contribution in [3.8, 4) is 11.5 Å². The summed E-state index contributed by atoms with van der Waals surface area (Å²) in [6.45, 7) is 5.52. The highest BCUT2D eigenvalue weighted by molar-refractivity contribution is 5.86. The van der Waals surface area contributed by atoms with Gasteiger partial charge >= 0.3 is 0 Å². The number of rotatable bonds is 7. The number of para-hydroxylation sites is 1. The average molecular weight is 406 g/mol. The predicted molar refractivity (Wildman–Crippen MR) is 116 cm³/mol. The van der Waals surface area contributed by atoms with E-state index in [0.717, 1.165) is 16.3 Å². The van der Waals surface area contributed by atoms with E-state index in [1.165, 1.54) is 0 Å². The normalized spacial score (nSPS) is 11.7. The molecule has 2 amide bonds. The molecule has 1 atom stereocenters.